The molecule has 1 aromatic heterocycles. The molecule has 0 aliphatic carbocycles. The molecule has 3 rings (SSSR count). The fourth-order valence-electron chi connectivity index (χ4n) is 2.94. The molecule has 10 heteroatoms. The van der Waals surface area contributed by atoms with Crippen molar-refractivity contribution in [3.63, 3.8) is 0 Å². The number of hydrogen-bond acceptors (Lipinski definition) is 7. The van der Waals surface area contributed by atoms with Gasteiger partial charge in [-0.2, -0.15) is 4.31 Å². The van der Waals surface area contributed by atoms with Crippen molar-refractivity contribution in [1.82, 2.24) is 14.2 Å². The minimum Gasteiger partial charge on any atom is -0.438 e. The van der Waals surface area contributed by atoms with Crippen molar-refractivity contribution in [3.8, 4) is 0 Å². The van der Waals surface area contributed by atoms with E-state index in [1.807, 2.05) is 0 Å². The van der Waals surface area contributed by atoms with E-state index in [9.17, 15) is 13.2 Å². The highest BCUT2D eigenvalue weighted by Crippen LogP contribution is 2.26. The van der Waals surface area contributed by atoms with Crippen LogP contribution in [0.15, 0.2) is 10.8 Å². The first-order chi connectivity index (χ1) is 11.3. The van der Waals surface area contributed by atoms with Crippen LogP contribution in [0.25, 0.3) is 0 Å². The Kier molecular flexibility index (Phi) is 4.65. The van der Waals surface area contributed by atoms with Gasteiger partial charge < -0.3 is 18.8 Å². The summed E-state index contributed by atoms with van der Waals surface area (Å²) < 4.78 is 41.9. The van der Waals surface area contributed by atoms with Gasteiger partial charge in [-0.1, -0.05) is 0 Å². The Morgan fingerprint density at radius 1 is 1.25 bits per heavy atom. The van der Waals surface area contributed by atoms with Crippen LogP contribution in [0.5, 0.6) is 0 Å². The molecule has 24 heavy (non-hydrogen) atoms. The third-order valence-corrected chi connectivity index (χ3v) is 5.44. The van der Waals surface area contributed by atoms with Gasteiger partial charge in [0.05, 0.1) is 38.3 Å². The molecule has 0 aromatic carbocycles. The topological polar surface area (TPSA) is 102 Å². The average Bonchev–Trinajstić information content (AvgIpc) is 2.84. The molecule has 1 aromatic rings. The molecule has 0 N–H and O–H groups in total. The molecule has 1 atom stereocenters. The first kappa shape index (κ1) is 17.3. The third kappa shape index (κ3) is 3.46. The minimum atomic E-state index is -3.37. The highest BCUT2D eigenvalue weighted by Gasteiger charge is 2.44. The molecule has 0 radical (unpaired) electrons. The van der Waals surface area contributed by atoms with Gasteiger partial charge in [-0.05, 0) is 13.3 Å². The van der Waals surface area contributed by atoms with E-state index in [0.29, 0.717) is 31.8 Å². The van der Waals surface area contributed by atoms with E-state index in [1.54, 1.807) is 11.8 Å². The summed E-state index contributed by atoms with van der Waals surface area (Å²) >= 11 is 0. The molecule has 2 aliphatic rings. The predicted molar refractivity (Wildman–Crippen MR) is 82.8 cm³/mol. The number of oxazole rings is 1. The Morgan fingerprint density at radius 3 is 2.67 bits per heavy atom. The Labute approximate surface area is 140 Å². The number of ether oxygens (including phenoxy) is 2. The van der Waals surface area contributed by atoms with E-state index < -0.39 is 15.8 Å². The van der Waals surface area contributed by atoms with Crippen LogP contribution in [-0.4, -0.2) is 79.9 Å². The number of sulfonamides is 1. The molecule has 1 unspecified atom stereocenters. The molecule has 9 nitrogen and oxygen atoms in total. The molecule has 2 saturated heterocycles. The fourth-order valence-corrected chi connectivity index (χ4v) is 3.83. The maximum absolute atomic E-state index is 12.6. The highest BCUT2D eigenvalue weighted by atomic mass is 32.2. The van der Waals surface area contributed by atoms with E-state index in [2.05, 4.69) is 4.98 Å². The van der Waals surface area contributed by atoms with Crippen molar-refractivity contribution in [2.75, 3.05) is 45.6 Å². The molecule has 0 saturated carbocycles. The van der Waals surface area contributed by atoms with Gasteiger partial charge in [0.2, 0.25) is 15.8 Å². The third-order valence-electron chi connectivity index (χ3n) is 4.19. The fraction of sp³-hybridized carbons (Fsp3) is 0.714. The maximum Gasteiger partial charge on any atom is 0.291 e. The average molecular weight is 359 g/mol. The summed E-state index contributed by atoms with van der Waals surface area (Å²) in [5.74, 6) is -1.27. The molecule has 2 aliphatic heterocycles. The van der Waals surface area contributed by atoms with Gasteiger partial charge in [0.15, 0.2) is 12.2 Å². The van der Waals surface area contributed by atoms with Gasteiger partial charge in [0.1, 0.15) is 0 Å². The molecular weight excluding hydrogens is 338 g/mol. The van der Waals surface area contributed by atoms with Gasteiger partial charge in [0.25, 0.3) is 5.91 Å². The van der Waals surface area contributed by atoms with Crippen LogP contribution >= 0.6 is 0 Å². The lowest BCUT2D eigenvalue weighted by atomic mass is 10.2. The second kappa shape index (κ2) is 6.43. The van der Waals surface area contributed by atoms with Crippen molar-refractivity contribution < 1.29 is 27.1 Å². The summed E-state index contributed by atoms with van der Waals surface area (Å²) in [4.78, 5) is 18.1. The van der Waals surface area contributed by atoms with E-state index in [0.717, 1.165) is 6.26 Å². The monoisotopic (exact) mass is 359 g/mol. The summed E-state index contributed by atoms with van der Waals surface area (Å²) in [6.07, 6.45) is 2.97. The quantitative estimate of drug-likeness (QED) is 0.722. The summed E-state index contributed by atoms with van der Waals surface area (Å²) in [5.41, 5.74) is 0.514. The molecule has 1 spiro atoms. The van der Waals surface area contributed by atoms with Crippen molar-refractivity contribution in [2.45, 2.75) is 19.1 Å². The van der Waals surface area contributed by atoms with Crippen LogP contribution in [0.1, 0.15) is 22.7 Å². The summed E-state index contributed by atoms with van der Waals surface area (Å²) in [7, 11) is -3.37. The van der Waals surface area contributed by atoms with Crippen molar-refractivity contribution in [2.24, 2.45) is 0 Å². The van der Waals surface area contributed by atoms with Crippen molar-refractivity contribution in [3.05, 3.63) is 17.8 Å². The van der Waals surface area contributed by atoms with Gasteiger partial charge in [-0.15, -0.1) is 0 Å². The van der Waals surface area contributed by atoms with Crippen LogP contribution < -0.4 is 0 Å². The largest absolute Gasteiger partial charge is 0.438 e. The van der Waals surface area contributed by atoms with Crippen molar-refractivity contribution in [1.29, 1.82) is 0 Å². The predicted octanol–water partition coefficient (Wildman–Crippen LogP) is -0.166. The molecule has 1 amide bonds. The lowest BCUT2D eigenvalue weighted by Gasteiger charge is -2.42. The van der Waals surface area contributed by atoms with E-state index in [1.165, 1.54) is 10.7 Å². The second-order valence-electron chi connectivity index (χ2n) is 6.05. The van der Waals surface area contributed by atoms with Crippen LogP contribution in [0, 0.1) is 6.92 Å². The van der Waals surface area contributed by atoms with Crippen molar-refractivity contribution >= 4 is 15.9 Å². The Hall–Kier alpha value is -1.49. The molecule has 2 fully saturated rings. The lowest BCUT2D eigenvalue weighted by Crippen LogP contribution is -2.59. The Balaban J connectivity index is 1.81. The Morgan fingerprint density at radius 2 is 2.00 bits per heavy atom. The standard InChI is InChI=1S/C14H21N3O6S/c1-11-12(21-10-15-11)13(18)16-5-7-23-14(8-16)9-17(24(2,19)20)4-3-6-22-14/h10H,3-9H2,1-2H3. The van der Waals surface area contributed by atoms with Crippen LogP contribution in [0.4, 0.5) is 0 Å². The summed E-state index contributed by atoms with van der Waals surface area (Å²) in [5, 5.41) is 0. The first-order valence-electron chi connectivity index (χ1n) is 7.73. The van der Waals surface area contributed by atoms with Crippen LogP contribution in [0.3, 0.4) is 0 Å². The normalized spacial score (nSPS) is 26.5. The number of amides is 1. The second-order valence-corrected chi connectivity index (χ2v) is 8.03. The molecule has 0 bridgehead atoms. The SMILES string of the molecule is Cc1ncoc1C(=O)N1CCOC2(C1)CN(S(C)(=O)=O)CCCO2. The summed E-state index contributed by atoms with van der Waals surface area (Å²) in [6.45, 7) is 3.28. The van der Waals surface area contributed by atoms with Crippen LogP contribution in [-0.2, 0) is 19.5 Å². The minimum absolute atomic E-state index is 0.0605. The number of carbonyl (C=O) groups is 1. The van der Waals surface area contributed by atoms with E-state index in [4.69, 9.17) is 13.9 Å². The zero-order valence-corrected chi connectivity index (χ0v) is 14.5. The smallest absolute Gasteiger partial charge is 0.291 e. The number of carbonyl (C=O) groups excluding carboxylic acids is 1. The molecule has 3 heterocycles. The summed E-state index contributed by atoms with van der Waals surface area (Å²) in [6, 6.07) is 0. The highest BCUT2D eigenvalue weighted by molar-refractivity contribution is 7.88. The zero-order chi connectivity index (χ0) is 17.4. The maximum atomic E-state index is 12.6. The van der Waals surface area contributed by atoms with Gasteiger partial charge in [0, 0.05) is 13.1 Å². The Bertz CT molecular complexity index is 718. The number of aryl methyl sites for hydroxylation is 1. The first-order valence-corrected chi connectivity index (χ1v) is 9.58. The number of rotatable bonds is 2. The number of hydrogen-bond donors (Lipinski definition) is 0. The molecular formula is C14H21N3O6S. The van der Waals surface area contributed by atoms with Gasteiger partial charge in [-0.3, -0.25) is 4.79 Å². The van der Waals surface area contributed by atoms with Crippen LogP contribution in [0.2, 0.25) is 0 Å². The number of morpholine rings is 1. The number of aromatic nitrogens is 1. The van der Waals surface area contributed by atoms with Gasteiger partial charge in [-0.25, -0.2) is 13.4 Å². The molecule has 134 valence electrons. The lowest BCUT2D eigenvalue weighted by molar-refractivity contribution is -0.257. The number of nitrogens with zero attached hydrogens (tertiary/aromatic N) is 3. The van der Waals surface area contributed by atoms with E-state index in [-0.39, 0.29) is 31.4 Å². The zero-order valence-electron chi connectivity index (χ0n) is 13.7. The van der Waals surface area contributed by atoms with E-state index >= 15 is 0 Å². The van der Waals surface area contributed by atoms with Gasteiger partial charge >= 0.3 is 0 Å².